The maximum Gasteiger partial charge on any atom is 0.254 e. The Morgan fingerprint density at radius 3 is 2.08 bits per heavy atom. The summed E-state index contributed by atoms with van der Waals surface area (Å²) in [5, 5.41) is 3.93. The highest BCUT2D eigenvalue weighted by molar-refractivity contribution is 5.95. The first-order valence-corrected chi connectivity index (χ1v) is 8.74. The molecular weight excluding hydrogens is 336 g/mol. The van der Waals surface area contributed by atoms with E-state index in [1.807, 2.05) is 27.7 Å². The number of aromatic nitrogens is 1. The first-order chi connectivity index (χ1) is 12.5. The third-order valence-electron chi connectivity index (χ3n) is 3.58. The summed E-state index contributed by atoms with van der Waals surface area (Å²) in [6, 6.07) is 5.17. The molecule has 7 heteroatoms. The van der Waals surface area contributed by atoms with Gasteiger partial charge in [-0.15, -0.1) is 0 Å². The lowest BCUT2D eigenvalue weighted by atomic mass is 10.1. The molecule has 0 aliphatic rings. The van der Waals surface area contributed by atoms with Crippen molar-refractivity contribution >= 4 is 5.91 Å². The van der Waals surface area contributed by atoms with Crippen molar-refractivity contribution in [2.75, 3.05) is 26.9 Å². The summed E-state index contributed by atoms with van der Waals surface area (Å²) < 4.78 is 22.1. The van der Waals surface area contributed by atoms with Crippen LogP contribution in [0.1, 0.15) is 42.6 Å². The molecule has 0 radical (unpaired) electrons. The fourth-order valence-electron chi connectivity index (χ4n) is 2.54. The Morgan fingerprint density at radius 2 is 1.62 bits per heavy atom. The number of amides is 1. The molecule has 0 N–H and O–H groups in total. The van der Waals surface area contributed by atoms with Gasteiger partial charge in [-0.05, 0) is 39.8 Å². The van der Waals surface area contributed by atoms with Gasteiger partial charge in [-0.25, -0.2) is 0 Å². The third kappa shape index (κ3) is 4.68. The van der Waals surface area contributed by atoms with E-state index in [1.165, 1.54) is 0 Å². The molecule has 7 nitrogen and oxygen atoms in total. The fraction of sp³-hybridized carbons (Fsp3) is 0.474. The van der Waals surface area contributed by atoms with Gasteiger partial charge >= 0.3 is 0 Å². The molecule has 1 amide bonds. The average molecular weight is 362 g/mol. The molecule has 0 spiro atoms. The maximum atomic E-state index is 12.9. The number of carbonyl (C=O) groups excluding carboxylic acids is 1. The number of aryl methyl sites for hydroxylation is 1. The lowest BCUT2D eigenvalue weighted by molar-refractivity contribution is 0.0781. The van der Waals surface area contributed by atoms with Crippen molar-refractivity contribution in [3.63, 3.8) is 0 Å². The lowest BCUT2D eigenvalue weighted by Gasteiger charge is -2.19. The van der Waals surface area contributed by atoms with E-state index in [0.717, 1.165) is 0 Å². The number of hydrogen-bond donors (Lipinski definition) is 0. The molecule has 1 aromatic heterocycles. The Bertz CT molecular complexity index is 714. The van der Waals surface area contributed by atoms with Crippen LogP contribution in [0, 0.1) is 6.92 Å². The molecule has 26 heavy (non-hydrogen) atoms. The second-order valence-electron chi connectivity index (χ2n) is 5.69. The lowest BCUT2D eigenvalue weighted by Crippen LogP contribution is -2.26. The Labute approximate surface area is 153 Å². The standard InChI is InChI=1S/C19H26N2O5/c1-6-23-16-10-14(11-17(24-7-2)18(16)25-8-3)19(22)21(5)12-15-9-13(4)26-20-15/h9-11H,6-8,12H2,1-5H3. The molecule has 0 saturated heterocycles. The highest BCUT2D eigenvalue weighted by atomic mass is 16.5. The Hall–Kier alpha value is -2.70. The van der Waals surface area contributed by atoms with Gasteiger partial charge in [-0.1, -0.05) is 5.16 Å². The number of nitrogens with zero attached hydrogens (tertiary/aromatic N) is 2. The van der Waals surface area contributed by atoms with Crippen LogP contribution in [0.25, 0.3) is 0 Å². The van der Waals surface area contributed by atoms with Crippen LogP contribution in [0.3, 0.4) is 0 Å². The van der Waals surface area contributed by atoms with Crippen molar-refractivity contribution in [1.82, 2.24) is 10.1 Å². The van der Waals surface area contributed by atoms with Gasteiger partial charge in [-0.3, -0.25) is 4.79 Å². The van der Waals surface area contributed by atoms with Crippen molar-refractivity contribution in [1.29, 1.82) is 0 Å². The minimum atomic E-state index is -0.171. The molecule has 0 unspecified atom stereocenters. The van der Waals surface area contributed by atoms with E-state index in [1.54, 1.807) is 30.1 Å². The summed E-state index contributed by atoms with van der Waals surface area (Å²) in [6.45, 7) is 9.18. The number of ether oxygens (including phenoxy) is 3. The molecule has 0 bridgehead atoms. The van der Waals surface area contributed by atoms with Crippen molar-refractivity contribution in [2.45, 2.75) is 34.2 Å². The smallest absolute Gasteiger partial charge is 0.254 e. The molecule has 1 heterocycles. The molecular formula is C19H26N2O5. The van der Waals surface area contributed by atoms with E-state index in [0.29, 0.717) is 60.6 Å². The fourth-order valence-corrected chi connectivity index (χ4v) is 2.54. The van der Waals surface area contributed by atoms with Gasteiger partial charge in [0.1, 0.15) is 11.5 Å². The zero-order valence-electron chi connectivity index (χ0n) is 16.0. The molecule has 2 aromatic rings. The minimum Gasteiger partial charge on any atom is -0.490 e. The van der Waals surface area contributed by atoms with E-state index >= 15 is 0 Å². The minimum absolute atomic E-state index is 0.171. The third-order valence-corrected chi connectivity index (χ3v) is 3.58. The summed E-state index contributed by atoms with van der Waals surface area (Å²) in [5.41, 5.74) is 1.16. The number of rotatable bonds is 9. The Morgan fingerprint density at radius 1 is 1.04 bits per heavy atom. The van der Waals surface area contributed by atoms with Crippen LogP contribution in [0.5, 0.6) is 17.2 Å². The molecule has 0 aliphatic heterocycles. The van der Waals surface area contributed by atoms with Crippen LogP contribution in [-0.2, 0) is 6.54 Å². The Kier molecular flexibility index (Phi) is 6.89. The second kappa shape index (κ2) is 9.12. The van der Waals surface area contributed by atoms with Gasteiger partial charge in [0.25, 0.3) is 5.91 Å². The molecule has 0 aliphatic carbocycles. The van der Waals surface area contributed by atoms with Gasteiger partial charge < -0.3 is 23.6 Å². The highest BCUT2D eigenvalue weighted by Gasteiger charge is 2.21. The number of benzene rings is 1. The summed E-state index contributed by atoms with van der Waals surface area (Å²) in [5.74, 6) is 2.04. The molecule has 0 atom stereocenters. The van der Waals surface area contributed by atoms with Gasteiger partial charge in [-0.2, -0.15) is 0 Å². The van der Waals surface area contributed by atoms with Crippen LogP contribution in [0.15, 0.2) is 22.7 Å². The summed E-state index contributed by atoms with van der Waals surface area (Å²) in [7, 11) is 1.71. The normalized spacial score (nSPS) is 10.5. The predicted molar refractivity (Wildman–Crippen MR) is 97.0 cm³/mol. The van der Waals surface area contributed by atoms with E-state index in [-0.39, 0.29) is 5.91 Å². The second-order valence-corrected chi connectivity index (χ2v) is 5.69. The Balaban J connectivity index is 2.32. The highest BCUT2D eigenvalue weighted by Crippen LogP contribution is 2.39. The topological polar surface area (TPSA) is 74.0 Å². The van der Waals surface area contributed by atoms with E-state index in [9.17, 15) is 4.79 Å². The van der Waals surface area contributed by atoms with Crippen LogP contribution in [0.4, 0.5) is 0 Å². The largest absolute Gasteiger partial charge is 0.490 e. The SMILES string of the molecule is CCOc1cc(C(=O)N(C)Cc2cc(C)on2)cc(OCC)c1OCC. The monoisotopic (exact) mass is 362 g/mol. The number of hydrogen-bond acceptors (Lipinski definition) is 6. The van der Waals surface area contributed by atoms with Crippen LogP contribution in [0.2, 0.25) is 0 Å². The van der Waals surface area contributed by atoms with Crippen molar-refractivity contribution in [3.05, 3.63) is 35.2 Å². The van der Waals surface area contributed by atoms with Crippen LogP contribution >= 0.6 is 0 Å². The first-order valence-electron chi connectivity index (χ1n) is 8.74. The molecule has 0 saturated carbocycles. The first kappa shape index (κ1) is 19.6. The summed E-state index contributed by atoms with van der Waals surface area (Å²) >= 11 is 0. The van der Waals surface area contributed by atoms with Crippen LogP contribution in [-0.4, -0.2) is 42.8 Å². The molecule has 1 aromatic carbocycles. The molecule has 142 valence electrons. The van der Waals surface area contributed by atoms with Gasteiger partial charge in [0, 0.05) is 18.7 Å². The van der Waals surface area contributed by atoms with E-state index < -0.39 is 0 Å². The van der Waals surface area contributed by atoms with Gasteiger partial charge in [0.2, 0.25) is 5.75 Å². The van der Waals surface area contributed by atoms with Crippen molar-refractivity contribution in [3.8, 4) is 17.2 Å². The maximum absolute atomic E-state index is 12.9. The average Bonchev–Trinajstić information content (AvgIpc) is 3.02. The van der Waals surface area contributed by atoms with E-state index in [4.69, 9.17) is 18.7 Å². The number of carbonyl (C=O) groups is 1. The van der Waals surface area contributed by atoms with E-state index in [2.05, 4.69) is 5.16 Å². The van der Waals surface area contributed by atoms with Crippen LogP contribution < -0.4 is 14.2 Å². The predicted octanol–water partition coefficient (Wildman–Crippen LogP) is 3.45. The zero-order valence-corrected chi connectivity index (χ0v) is 16.0. The summed E-state index contributed by atoms with van der Waals surface area (Å²) in [6.07, 6.45) is 0. The van der Waals surface area contributed by atoms with Crippen molar-refractivity contribution in [2.24, 2.45) is 0 Å². The van der Waals surface area contributed by atoms with Gasteiger partial charge in [0.05, 0.1) is 26.4 Å². The zero-order chi connectivity index (χ0) is 19.1. The quantitative estimate of drug-likeness (QED) is 0.680. The van der Waals surface area contributed by atoms with Gasteiger partial charge in [0.15, 0.2) is 11.5 Å². The summed E-state index contributed by atoms with van der Waals surface area (Å²) in [4.78, 5) is 14.4. The molecule has 0 fully saturated rings. The van der Waals surface area contributed by atoms with Crippen molar-refractivity contribution < 1.29 is 23.5 Å². The molecule has 2 rings (SSSR count).